The van der Waals surface area contributed by atoms with E-state index in [1.165, 1.54) is 12.1 Å². The zero-order valence-electron chi connectivity index (χ0n) is 13.3. The van der Waals surface area contributed by atoms with E-state index in [1.807, 2.05) is 0 Å². The van der Waals surface area contributed by atoms with Crippen LogP contribution in [0.5, 0.6) is 11.5 Å². The van der Waals surface area contributed by atoms with Crippen molar-refractivity contribution in [2.45, 2.75) is 4.90 Å². The number of benzene rings is 2. The second kappa shape index (κ2) is 8.19. The van der Waals surface area contributed by atoms with E-state index in [9.17, 15) is 13.2 Å². The van der Waals surface area contributed by atoms with Crippen LogP contribution in [0.15, 0.2) is 47.4 Å². The molecule has 0 fully saturated rings. The monoisotopic (exact) mass is 385 g/mol. The highest BCUT2D eigenvalue weighted by Crippen LogP contribution is 2.21. The topological polar surface area (TPSA) is 105 Å². The molecule has 0 bridgehead atoms. The number of sulfonamides is 1. The third-order valence-electron chi connectivity index (χ3n) is 3.13. The summed E-state index contributed by atoms with van der Waals surface area (Å²) in [5.74, 6) is 0.517. The van der Waals surface area contributed by atoms with E-state index in [4.69, 9.17) is 31.0 Å². The fourth-order valence-corrected chi connectivity index (χ4v) is 2.62. The number of rotatable bonds is 7. The highest BCUT2D eigenvalue weighted by Gasteiger charge is 2.17. The van der Waals surface area contributed by atoms with Crippen LogP contribution in [0.3, 0.4) is 0 Å². The summed E-state index contributed by atoms with van der Waals surface area (Å²) in [5.41, 5.74) is -0.0855. The van der Waals surface area contributed by atoms with Crippen LogP contribution in [0, 0.1) is 0 Å². The highest BCUT2D eigenvalue weighted by molar-refractivity contribution is 7.89. The zero-order valence-corrected chi connectivity index (χ0v) is 14.8. The number of carbonyl (C=O) groups is 1. The van der Waals surface area contributed by atoms with Gasteiger partial charge < -0.3 is 14.2 Å². The minimum Gasteiger partial charge on any atom is -0.497 e. The van der Waals surface area contributed by atoms with Crippen LogP contribution in [0.4, 0.5) is 0 Å². The molecule has 0 saturated carbocycles. The van der Waals surface area contributed by atoms with E-state index < -0.39 is 16.0 Å². The Hall–Kier alpha value is -2.29. The quantitative estimate of drug-likeness (QED) is 0.578. The summed E-state index contributed by atoms with van der Waals surface area (Å²) in [4.78, 5) is 11.8. The normalized spacial score (nSPS) is 11.0. The van der Waals surface area contributed by atoms with Crippen molar-refractivity contribution < 1.29 is 27.4 Å². The first-order chi connectivity index (χ1) is 11.8. The second-order valence-electron chi connectivity index (χ2n) is 4.85. The summed E-state index contributed by atoms with van der Waals surface area (Å²) in [6.45, 7) is 0.0748. The van der Waals surface area contributed by atoms with Gasteiger partial charge >= 0.3 is 5.97 Å². The van der Waals surface area contributed by atoms with Crippen LogP contribution in [-0.4, -0.2) is 34.7 Å². The van der Waals surface area contributed by atoms with Crippen LogP contribution < -0.4 is 14.6 Å². The molecule has 0 aromatic heterocycles. The zero-order chi connectivity index (χ0) is 18.4. The Balaban J connectivity index is 1.91. The maximum Gasteiger partial charge on any atom is 0.339 e. The van der Waals surface area contributed by atoms with E-state index in [-0.39, 0.29) is 28.7 Å². The number of esters is 1. The molecule has 2 rings (SSSR count). The van der Waals surface area contributed by atoms with Crippen molar-refractivity contribution in [3.63, 3.8) is 0 Å². The lowest BCUT2D eigenvalue weighted by molar-refractivity contribution is 0.0450. The van der Waals surface area contributed by atoms with Gasteiger partial charge in [-0.15, -0.1) is 0 Å². The van der Waals surface area contributed by atoms with Crippen molar-refractivity contribution in [2.75, 3.05) is 20.3 Å². The highest BCUT2D eigenvalue weighted by atomic mass is 35.5. The first kappa shape index (κ1) is 19.0. The molecule has 0 aliphatic rings. The molecule has 9 heteroatoms. The maximum absolute atomic E-state index is 12.0. The molecule has 2 aromatic carbocycles. The fraction of sp³-hybridized carbons (Fsp3) is 0.188. The number of hydrogen-bond acceptors (Lipinski definition) is 6. The van der Waals surface area contributed by atoms with Gasteiger partial charge in [0.1, 0.15) is 24.7 Å². The summed E-state index contributed by atoms with van der Waals surface area (Å²) in [7, 11) is -2.38. The number of carbonyl (C=O) groups excluding carboxylic acids is 1. The van der Waals surface area contributed by atoms with E-state index in [0.29, 0.717) is 11.5 Å². The Morgan fingerprint density at radius 2 is 1.72 bits per heavy atom. The van der Waals surface area contributed by atoms with Gasteiger partial charge in [0.25, 0.3) is 0 Å². The number of methoxy groups -OCH3 is 1. The predicted molar refractivity (Wildman–Crippen MR) is 91.6 cm³/mol. The molecule has 0 heterocycles. The number of nitrogens with two attached hydrogens (primary N) is 1. The van der Waals surface area contributed by atoms with Crippen LogP contribution >= 0.6 is 11.6 Å². The lowest BCUT2D eigenvalue weighted by atomic mass is 10.2. The molecule has 0 amide bonds. The van der Waals surface area contributed by atoms with E-state index in [1.54, 1.807) is 31.4 Å². The van der Waals surface area contributed by atoms with Crippen molar-refractivity contribution in [3.8, 4) is 11.5 Å². The van der Waals surface area contributed by atoms with Crippen molar-refractivity contribution in [1.82, 2.24) is 0 Å². The molecule has 134 valence electrons. The van der Waals surface area contributed by atoms with Crippen molar-refractivity contribution in [1.29, 1.82) is 0 Å². The average Bonchev–Trinajstić information content (AvgIpc) is 2.58. The Bertz CT molecular complexity index is 851. The number of ether oxygens (including phenoxy) is 3. The number of hydrogen-bond donors (Lipinski definition) is 1. The molecular formula is C16H16ClNO6S. The molecule has 0 aliphatic heterocycles. The summed E-state index contributed by atoms with van der Waals surface area (Å²) in [5, 5.41) is 5.09. The first-order valence-corrected chi connectivity index (χ1v) is 9.00. The van der Waals surface area contributed by atoms with E-state index in [2.05, 4.69) is 0 Å². The third-order valence-corrected chi connectivity index (χ3v) is 4.37. The smallest absolute Gasteiger partial charge is 0.339 e. The van der Waals surface area contributed by atoms with Gasteiger partial charge in [-0.05, 0) is 42.5 Å². The molecule has 0 unspecified atom stereocenters. The summed E-state index contributed by atoms with van der Waals surface area (Å²) in [6.07, 6.45) is 0. The number of halogens is 1. The summed E-state index contributed by atoms with van der Waals surface area (Å²) >= 11 is 5.90. The van der Waals surface area contributed by atoms with Crippen LogP contribution in [0.2, 0.25) is 5.02 Å². The van der Waals surface area contributed by atoms with Gasteiger partial charge in [-0.2, -0.15) is 0 Å². The van der Waals surface area contributed by atoms with Gasteiger partial charge in [-0.1, -0.05) is 11.6 Å². The molecule has 7 nitrogen and oxygen atoms in total. The lowest BCUT2D eigenvalue weighted by Gasteiger charge is -2.09. The lowest BCUT2D eigenvalue weighted by Crippen LogP contribution is -2.15. The molecule has 0 saturated heterocycles. The summed E-state index contributed by atoms with van der Waals surface area (Å²) < 4.78 is 38.2. The Morgan fingerprint density at radius 1 is 1.08 bits per heavy atom. The third kappa shape index (κ3) is 5.35. The minimum atomic E-state index is -3.94. The second-order valence-corrected chi connectivity index (χ2v) is 6.82. The van der Waals surface area contributed by atoms with E-state index >= 15 is 0 Å². The van der Waals surface area contributed by atoms with Gasteiger partial charge in [-0.25, -0.2) is 18.4 Å². The van der Waals surface area contributed by atoms with Gasteiger partial charge in [-0.3, -0.25) is 0 Å². The molecule has 0 spiro atoms. The predicted octanol–water partition coefficient (Wildman–Crippen LogP) is 2.23. The van der Waals surface area contributed by atoms with Crippen LogP contribution in [0.25, 0.3) is 0 Å². The van der Waals surface area contributed by atoms with Gasteiger partial charge in [0.05, 0.1) is 22.6 Å². The maximum atomic E-state index is 12.0. The standard InChI is InChI=1S/C16H16ClNO6S/c1-22-11-2-4-12(5-3-11)23-8-9-24-16(19)14-10-13(25(18,20)21)6-7-15(14)17/h2-7,10H,8-9H2,1H3,(H2,18,20,21). The van der Waals surface area contributed by atoms with Gasteiger partial charge in [0.2, 0.25) is 10.0 Å². The van der Waals surface area contributed by atoms with E-state index in [0.717, 1.165) is 6.07 Å². The minimum absolute atomic E-state index is 0.0409. The van der Waals surface area contributed by atoms with Crippen LogP contribution in [0.1, 0.15) is 10.4 Å². The van der Waals surface area contributed by atoms with Crippen LogP contribution in [-0.2, 0) is 14.8 Å². The average molecular weight is 386 g/mol. The molecule has 0 aliphatic carbocycles. The molecule has 0 atom stereocenters. The van der Waals surface area contributed by atoms with Crippen molar-refractivity contribution in [3.05, 3.63) is 53.1 Å². The van der Waals surface area contributed by atoms with Gasteiger partial charge in [0, 0.05) is 0 Å². The van der Waals surface area contributed by atoms with Crippen molar-refractivity contribution >= 4 is 27.6 Å². The SMILES string of the molecule is COc1ccc(OCCOC(=O)c2cc(S(N)(=O)=O)ccc2Cl)cc1. The molecule has 0 radical (unpaired) electrons. The fourth-order valence-electron chi connectivity index (χ4n) is 1.88. The van der Waals surface area contributed by atoms with Gasteiger partial charge in [0.15, 0.2) is 0 Å². The summed E-state index contributed by atoms with van der Waals surface area (Å²) in [6, 6.07) is 10.5. The molecule has 25 heavy (non-hydrogen) atoms. The number of primary sulfonamides is 1. The Morgan fingerprint density at radius 3 is 2.32 bits per heavy atom. The Kier molecular flexibility index (Phi) is 6.24. The van der Waals surface area contributed by atoms with Crippen molar-refractivity contribution in [2.24, 2.45) is 5.14 Å². The Labute approximate surface area is 150 Å². The largest absolute Gasteiger partial charge is 0.497 e. The molecule has 2 aromatic rings. The molecular weight excluding hydrogens is 370 g/mol. The first-order valence-electron chi connectivity index (χ1n) is 7.07. The molecule has 2 N–H and O–H groups in total.